The number of ether oxygens (including phenoxy) is 1. The van der Waals surface area contributed by atoms with Gasteiger partial charge in [0.05, 0.1) is 19.0 Å². The van der Waals surface area contributed by atoms with Crippen molar-refractivity contribution in [2.75, 3.05) is 20.2 Å². The Morgan fingerprint density at radius 1 is 0.921 bits per heavy atom. The van der Waals surface area contributed by atoms with Crippen LogP contribution in [0.25, 0.3) is 10.9 Å². The number of hydrogen-bond acceptors (Lipinski definition) is 4. The van der Waals surface area contributed by atoms with E-state index in [-0.39, 0.29) is 24.1 Å². The molecule has 0 aliphatic heterocycles. The average Bonchev–Trinajstić information content (AvgIpc) is 3.18. The molecular formula is C29H27ClFN3O4. The van der Waals surface area contributed by atoms with Crippen molar-refractivity contribution < 1.29 is 23.5 Å². The number of nitrogens with zero attached hydrogens (tertiary/aromatic N) is 1. The molecule has 0 aliphatic rings. The van der Waals surface area contributed by atoms with Crippen LogP contribution >= 0.6 is 11.6 Å². The van der Waals surface area contributed by atoms with Gasteiger partial charge in [-0.15, -0.1) is 0 Å². The molecule has 196 valence electrons. The second kappa shape index (κ2) is 11.9. The molecule has 2 N–H and O–H groups in total. The van der Waals surface area contributed by atoms with Crippen molar-refractivity contribution in [2.45, 2.75) is 19.8 Å². The summed E-state index contributed by atoms with van der Waals surface area (Å²) in [7, 11) is 1.56. The fraction of sp³-hybridized carbons (Fsp3) is 0.207. The van der Waals surface area contributed by atoms with Crippen LogP contribution in [0.2, 0.25) is 5.02 Å². The number of hydrogen-bond donors (Lipinski definition) is 2. The van der Waals surface area contributed by atoms with E-state index in [0.717, 1.165) is 10.9 Å². The summed E-state index contributed by atoms with van der Waals surface area (Å²) in [5.74, 6) is -0.529. The molecule has 0 aliphatic carbocycles. The van der Waals surface area contributed by atoms with Gasteiger partial charge in [-0.3, -0.25) is 19.0 Å². The quantitative estimate of drug-likeness (QED) is 0.298. The van der Waals surface area contributed by atoms with Crippen molar-refractivity contribution in [3.8, 4) is 5.75 Å². The molecule has 0 spiro atoms. The highest BCUT2D eigenvalue weighted by Crippen LogP contribution is 2.31. The summed E-state index contributed by atoms with van der Waals surface area (Å²) in [4.78, 5) is 38.3. The minimum atomic E-state index is -0.407. The van der Waals surface area contributed by atoms with E-state index in [2.05, 4.69) is 10.6 Å². The van der Waals surface area contributed by atoms with Gasteiger partial charge in [0.25, 0.3) is 11.8 Å². The van der Waals surface area contributed by atoms with Crippen LogP contribution < -0.4 is 15.4 Å². The van der Waals surface area contributed by atoms with Gasteiger partial charge in [-0.2, -0.15) is 0 Å². The average molecular weight is 536 g/mol. The smallest absolute Gasteiger partial charge is 0.262 e. The number of nitrogens with one attached hydrogen (secondary N) is 2. The zero-order valence-electron chi connectivity index (χ0n) is 21.0. The van der Waals surface area contributed by atoms with E-state index in [1.54, 1.807) is 48.1 Å². The molecule has 38 heavy (non-hydrogen) atoms. The number of rotatable bonds is 9. The van der Waals surface area contributed by atoms with Crippen LogP contribution in [0.1, 0.15) is 38.4 Å². The maximum absolute atomic E-state index is 13.4. The van der Waals surface area contributed by atoms with Gasteiger partial charge in [-0.25, -0.2) is 4.39 Å². The van der Waals surface area contributed by atoms with E-state index in [9.17, 15) is 18.8 Å². The Morgan fingerprint density at radius 3 is 2.26 bits per heavy atom. The number of benzene rings is 3. The van der Waals surface area contributed by atoms with E-state index in [0.29, 0.717) is 52.6 Å². The highest BCUT2D eigenvalue weighted by atomic mass is 35.5. The maximum atomic E-state index is 13.4. The number of carbonyl (C=O) groups is 3. The topological polar surface area (TPSA) is 89.4 Å². The number of fused-ring (bicyclic) bond motifs is 1. The van der Waals surface area contributed by atoms with Gasteiger partial charge < -0.3 is 15.4 Å². The summed E-state index contributed by atoms with van der Waals surface area (Å²) < 4.78 is 20.0. The third-order valence-electron chi connectivity index (χ3n) is 6.24. The maximum Gasteiger partial charge on any atom is 0.262 e. The molecule has 9 heteroatoms. The van der Waals surface area contributed by atoms with Gasteiger partial charge in [0.1, 0.15) is 11.6 Å². The predicted octanol–water partition coefficient (Wildman–Crippen LogP) is 4.92. The molecule has 0 saturated heterocycles. The van der Waals surface area contributed by atoms with Crippen molar-refractivity contribution in [1.29, 1.82) is 0 Å². The van der Waals surface area contributed by atoms with Gasteiger partial charge in [-0.05, 0) is 85.6 Å². The van der Waals surface area contributed by atoms with Gasteiger partial charge in [0.15, 0.2) is 0 Å². The normalized spacial score (nSPS) is 10.8. The molecule has 3 aromatic carbocycles. The first-order chi connectivity index (χ1) is 18.3. The summed E-state index contributed by atoms with van der Waals surface area (Å²) in [5.41, 5.74) is 2.91. The Bertz CT molecular complexity index is 1480. The SMILES string of the molecule is COc1ccc2c(c1)c(CC(=O)NCCCNC(=O)c1ccc(F)cc1)c(C)n2C(=O)c1ccc(Cl)cc1. The first-order valence-electron chi connectivity index (χ1n) is 12.1. The monoisotopic (exact) mass is 535 g/mol. The highest BCUT2D eigenvalue weighted by molar-refractivity contribution is 6.30. The predicted molar refractivity (Wildman–Crippen MR) is 144 cm³/mol. The fourth-order valence-electron chi connectivity index (χ4n) is 4.24. The molecule has 7 nitrogen and oxygen atoms in total. The molecule has 1 aromatic heterocycles. The van der Waals surface area contributed by atoms with Crippen LogP contribution in [0, 0.1) is 12.7 Å². The van der Waals surface area contributed by atoms with E-state index >= 15 is 0 Å². The van der Waals surface area contributed by atoms with Crippen LogP contribution in [0.15, 0.2) is 66.7 Å². The third-order valence-corrected chi connectivity index (χ3v) is 6.49. The second-order valence-corrected chi connectivity index (χ2v) is 9.17. The third kappa shape index (κ3) is 6.03. The Morgan fingerprint density at radius 2 is 1.58 bits per heavy atom. The minimum Gasteiger partial charge on any atom is -0.497 e. The van der Waals surface area contributed by atoms with Crippen LogP contribution in [-0.2, 0) is 11.2 Å². The lowest BCUT2D eigenvalue weighted by molar-refractivity contribution is -0.120. The first kappa shape index (κ1) is 26.9. The molecule has 0 radical (unpaired) electrons. The van der Waals surface area contributed by atoms with Gasteiger partial charge >= 0.3 is 0 Å². The van der Waals surface area contributed by atoms with Crippen molar-refractivity contribution in [2.24, 2.45) is 0 Å². The van der Waals surface area contributed by atoms with Crippen molar-refractivity contribution in [1.82, 2.24) is 15.2 Å². The van der Waals surface area contributed by atoms with Crippen LogP contribution in [0.5, 0.6) is 5.75 Å². The summed E-state index contributed by atoms with van der Waals surface area (Å²) in [6, 6.07) is 17.3. The molecule has 1 heterocycles. The van der Waals surface area contributed by atoms with E-state index in [1.165, 1.54) is 24.3 Å². The lowest BCUT2D eigenvalue weighted by Gasteiger charge is -2.09. The molecule has 0 bridgehead atoms. The number of amides is 2. The molecule has 4 rings (SSSR count). The lowest BCUT2D eigenvalue weighted by Crippen LogP contribution is -2.30. The number of methoxy groups -OCH3 is 1. The summed E-state index contributed by atoms with van der Waals surface area (Å²) in [6.07, 6.45) is 0.584. The molecule has 4 aromatic rings. The Kier molecular flexibility index (Phi) is 8.43. The minimum absolute atomic E-state index is 0.0678. The van der Waals surface area contributed by atoms with Crippen LogP contribution in [0.3, 0.4) is 0 Å². The number of halogens is 2. The Hall–Kier alpha value is -4.17. The zero-order valence-corrected chi connectivity index (χ0v) is 21.8. The second-order valence-electron chi connectivity index (χ2n) is 8.74. The Balaban J connectivity index is 1.43. The molecular weight excluding hydrogens is 509 g/mol. The molecule has 0 unspecified atom stereocenters. The molecule has 0 saturated carbocycles. The van der Waals surface area contributed by atoms with E-state index in [1.807, 2.05) is 13.0 Å². The zero-order chi connectivity index (χ0) is 27.2. The molecule has 0 atom stereocenters. The van der Waals surface area contributed by atoms with E-state index < -0.39 is 5.82 Å². The van der Waals surface area contributed by atoms with Crippen LogP contribution in [-0.4, -0.2) is 42.5 Å². The first-order valence-corrected chi connectivity index (χ1v) is 12.4. The standard InChI is InChI=1S/C29H27ClFN3O4/c1-18-24(17-27(35)32-14-3-15-33-28(36)19-6-10-22(31)11-7-19)25-16-23(38-2)12-13-26(25)34(18)29(37)20-4-8-21(30)9-5-20/h4-13,16H,3,14-15,17H2,1-2H3,(H,32,35)(H,33,36). The summed E-state index contributed by atoms with van der Waals surface area (Å²) in [5, 5.41) is 6.91. The lowest BCUT2D eigenvalue weighted by atomic mass is 10.1. The number of carbonyl (C=O) groups excluding carboxylic acids is 3. The van der Waals surface area contributed by atoms with Gasteiger partial charge in [0, 0.05) is 40.3 Å². The number of aromatic nitrogens is 1. The van der Waals surface area contributed by atoms with Gasteiger partial charge in [-0.1, -0.05) is 11.6 Å². The van der Waals surface area contributed by atoms with Crippen molar-refractivity contribution in [3.63, 3.8) is 0 Å². The van der Waals surface area contributed by atoms with Crippen LogP contribution in [0.4, 0.5) is 4.39 Å². The summed E-state index contributed by atoms with van der Waals surface area (Å²) in [6.45, 7) is 2.52. The van der Waals surface area contributed by atoms with Gasteiger partial charge in [0.2, 0.25) is 5.91 Å². The largest absolute Gasteiger partial charge is 0.497 e. The van der Waals surface area contributed by atoms with Crippen molar-refractivity contribution >= 4 is 40.2 Å². The van der Waals surface area contributed by atoms with E-state index in [4.69, 9.17) is 16.3 Å². The highest BCUT2D eigenvalue weighted by Gasteiger charge is 2.22. The molecule has 2 amide bonds. The summed E-state index contributed by atoms with van der Waals surface area (Å²) >= 11 is 5.98. The molecule has 0 fully saturated rings. The fourth-order valence-corrected chi connectivity index (χ4v) is 4.37. The Labute approximate surface area is 224 Å². The van der Waals surface area contributed by atoms with Crippen molar-refractivity contribution in [3.05, 3.63) is 100.0 Å².